The highest BCUT2D eigenvalue weighted by atomic mass is 16.5. The van der Waals surface area contributed by atoms with E-state index in [9.17, 15) is 19.2 Å². The minimum Gasteiger partial charge on any atom is -0.463 e. The number of ether oxygens (including phenoxy) is 3. The third-order valence-electron chi connectivity index (χ3n) is 5.09. The fourth-order valence-corrected chi connectivity index (χ4v) is 3.52. The summed E-state index contributed by atoms with van der Waals surface area (Å²) < 4.78 is 20.4. The standard InChI is InChI=1S/C21H19NO8/c1-27-21(26)17-13(6-8-29-17)11-30-20(25)12-4-5-15-16(9-12)19(24)22(18(15)23)10-14-3-2-7-28-14/h4-6,8-9,14H,2-3,7,10-11H2,1H3. The summed E-state index contributed by atoms with van der Waals surface area (Å²) in [5, 5.41) is 0. The summed E-state index contributed by atoms with van der Waals surface area (Å²) in [5.74, 6) is -2.29. The molecule has 1 fully saturated rings. The van der Waals surface area contributed by atoms with E-state index in [0.29, 0.717) is 12.2 Å². The van der Waals surface area contributed by atoms with Gasteiger partial charge in [-0.2, -0.15) is 0 Å². The van der Waals surface area contributed by atoms with Gasteiger partial charge < -0.3 is 18.6 Å². The highest BCUT2D eigenvalue weighted by molar-refractivity contribution is 6.22. The van der Waals surface area contributed by atoms with E-state index in [1.807, 2.05) is 0 Å². The molecule has 1 atom stereocenters. The largest absolute Gasteiger partial charge is 0.463 e. The van der Waals surface area contributed by atoms with E-state index < -0.39 is 23.8 Å². The van der Waals surface area contributed by atoms with Gasteiger partial charge in [0, 0.05) is 12.2 Å². The van der Waals surface area contributed by atoms with Crippen LogP contribution in [0.4, 0.5) is 0 Å². The summed E-state index contributed by atoms with van der Waals surface area (Å²) in [7, 11) is 1.21. The van der Waals surface area contributed by atoms with Crippen molar-refractivity contribution in [3.8, 4) is 0 Å². The quantitative estimate of drug-likeness (QED) is 0.523. The number of carbonyl (C=O) groups excluding carboxylic acids is 4. The SMILES string of the molecule is COC(=O)c1occc1COC(=O)c1ccc2c(c1)C(=O)N(CC1CCCO1)C2=O. The van der Waals surface area contributed by atoms with Gasteiger partial charge in [0.2, 0.25) is 5.76 Å². The predicted molar refractivity (Wildman–Crippen MR) is 100.0 cm³/mol. The summed E-state index contributed by atoms with van der Waals surface area (Å²) >= 11 is 0. The van der Waals surface area contributed by atoms with Crippen molar-refractivity contribution >= 4 is 23.8 Å². The lowest BCUT2D eigenvalue weighted by Gasteiger charge is -2.17. The maximum Gasteiger partial charge on any atom is 0.374 e. The van der Waals surface area contributed by atoms with Crippen LogP contribution in [0.15, 0.2) is 34.9 Å². The second kappa shape index (κ2) is 8.11. The van der Waals surface area contributed by atoms with Crippen LogP contribution in [-0.2, 0) is 20.8 Å². The maximum atomic E-state index is 12.7. The van der Waals surface area contributed by atoms with Crippen molar-refractivity contribution in [2.75, 3.05) is 20.3 Å². The van der Waals surface area contributed by atoms with E-state index in [1.54, 1.807) is 0 Å². The molecule has 9 heteroatoms. The van der Waals surface area contributed by atoms with Crippen LogP contribution in [0.3, 0.4) is 0 Å². The van der Waals surface area contributed by atoms with Gasteiger partial charge in [0.1, 0.15) is 6.61 Å². The van der Waals surface area contributed by atoms with Crippen molar-refractivity contribution in [2.24, 2.45) is 0 Å². The van der Waals surface area contributed by atoms with Crippen molar-refractivity contribution in [3.63, 3.8) is 0 Å². The molecule has 0 N–H and O–H groups in total. The molecule has 1 aromatic heterocycles. The number of carbonyl (C=O) groups is 4. The minimum absolute atomic E-state index is 0.0511. The van der Waals surface area contributed by atoms with Crippen molar-refractivity contribution in [1.82, 2.24) is 4.90 Å². The first-order valence-corrected chi connectivity index (χ1v) is 9.43. The topological polar surface area (TPSA) is 112 Å². The Kier molecular flexibility index (Phi) is 5.37. The second-order valence-corrected chi connectivity index (χ2v) is 6.96. The van der Waals surface area contributed by atoms with Crippen LogP contribution in [0.25, 0.3) is 0 Å². The Bertz CT molecular complexity index is 1020. The monoisotopic (exact) mass is 413 g/mol. The van der Waals surface area contributed by atoms with Gasteiger partial charge in [-0.1, -0.05) is 0 Å². The fourth-order valence-electron chi connectivity index (χ4n) is 3.52. The van der Waals surface area contributed by atoms with Crippen molar-refractivity contribution in [3.05, 3.63) is 58.5 Å². The maximum absolute atomic E-state index is 12.7. The molecule has 4 rings (SSSR count). The molecule has 1 saturated heterocycles. The van der Waals surface area contributed by atoms with Gasteiger partial charge in [-0.15, -0.1) is 0 Å². The third kappa shape index (κ3) is 3.59. The molecule has 0 bridgehead atoms. The number of amides is 2. The Hall–Kier alpha value is -3.46. The molecule has 1 unspecified atom stereocenters. The Labute approximate surface area is 171 Å². The number of rotatable bonds is 6. The molecule has 2 amide bonds. The lowest BCUT2D eigenvalue weighted by atomic mass is 10.1. The molecule has 156 valence electrons. The summed E-state index contributed by atoms with van der Waals surface area (Å²) in [6.45, 7) is 0.607. The lowest BCUT2D eigenvalue weighted by molar-refractivity contribution is 0.0453. The zero-order chi connectivity index (χ0) is 21.3. The first kappa shape index (κ1) is 19.8. The molecule has 0 radical (unpaired) electrons. The first-order chi connectivity index (χ1) is 14.5. The molecule has 2 aliphatic rings. The highest BCUT2D eigenvalue weighted by Crippen LogP contribution is 2.26. The average Bonchev–Trinajstić information content (AvgIpc) is 3.49. The molecule has 9 nitrogen and oxygen atoms in total. The molecule has 2 aromatic rings. The Morgan fingerprint density at radius 3 is 2.67 bits per heavy atom. The van der Waals surface area contributed by atoms with Crippen molar-refractivity contribution in [1.29, 1.82) is 0 Å². The Morgan fingerprint density at radius 1 is 1.13 bits per heavy atom. The summed E-state index contributed by atoms with van der Waals surface area (Å²) in [6.07, 6.45) is 2.83. The minimum atomic E-state index is -0.701. The van der Waals surface area contributed by atoms with Crippen LogP contribution in [-0.4, -0.2) is 55.0 Å². The van der Waals surface area contributed by atoms with E-state index in [4.69, 9.17) is 13.9 Å². The van der Waals surface area contributed by atoms with Crippen LogP contribution < -0.4 is 0 Å². The van der Waals surface area contributed by atoms with Gasteiger partial charge >= 0.3 is 11.9 Å². The molecule has 0 spiro atoms. The molecule has 3 heterocycles. The summed E-state index contributed by atoms with van der Waals surface area (Å²) in [6, 6.07) is 5.72. The van der Waals surface area contributed by atoms with E-state index in [2.05, 4.69) is 4.74 Å². The summed E-state index contributed by atoms with van der Waals surface area (Å²) in [5.41, 5.74) is 0.880. The van der Waals surface area contributed by atoms with Gasteiger partial charge in [-0.05, 0) is 37.1 Å². The zero-order valence-electron chi connectivity index (χ0n) is 16.2. The van der Waals surface area contributed by atoms with Crippen LogP contribution in [0, 0.1) is 0 Å². The first-order valence-electron chi connectivity index (χ1n) is 9.43. The molecule has 0 saturated carbocycles. The van der Waals surface area contributed by atoms with Gasteiger partial charge in [-0.3, -0.25) is 14.5 Å². The van der Waals surface area contributed by atoms with Gasteiger partial charge in [0.05, 0.1) is 42.7 Å². The van der Waals surface area contributed by atoms with Gasteiger partial charge in [0.15, 0.2) is 0 Å². The molecule has 30 heavy (non-hydrogen) atoms. The van der Waals surface area contributed by atoms with E-state index in [0.717, 1.165) is 17.7 Å². The molecule has 1 aromatic carbocycles. The number of nitrogens with zero attached hydrogens (tertiary/aromatic N) is 1. The van der Waals surface area contributed by atoms with E-state index >= 15 is 0 Å². The van der Waals surface area contributed by atoms with Gasteiger partial charge in [-0.25, -0.2) is 9.59 Å². The number of hydrogen-bond acceptors (Lipinski definition) is 8. The molecule has 2 aliphatic heterocycles. The van der Waals surface area contributed by atoms with E-state index in [-0.39, 0.29) is 41.7 Å². The lowest BCUT2D eigenvalue weighted by Crippen LogP contribution is -2.36. The van der Waals surface area contributed by atoms with Crippen molar-refractivity contribution in [2.45, 2.75) is 25.6 Å². The molecule has 0 aliphatic carbocycles. The zero-order valence-corrected chi connectivity index (χ0v) is 16.2. The number of fused-ring (bicyclic) bond motifs is 1. The predicted octanol–water partition coefficient (Wildman–Crippen LogP) is 2.20. The van der Waals surface area contributed by atoms with Crippen LogP contribution in [0.1, 0.15) is 60.0 Å². The van der Waals surface area contributed by atoms with Crippen LogP contribution >= 0.6 is 0 Å². The average molecular weight is 413 g/mol. The number of methoxy groups -OCH3 is 1. The second-order valence-electron chi connectivity index (χ2n) is 6.96. The normalized spacial score (nSPS) is 17.9. The fraction of sp³-hybridized carbons (Fsp3) is 0.333. The third-order valence-corrected chi connectivity index (χ3v) is 5.09. The van der Waals surface area contributed by atoms with Crippen LogP contribution in [0.2, 0.25) is 0 Å². The number of benzene rings is 1. The number of hydrogen-bond donors (Lipinski definition) is 0. The van der Waals surface area contributed by atoms with Crippen molar-refractivity contribution < 1.29 is 37.8 Å². The Morgan fingerprint density at radius 2 is 1.93 bits per heavy atom. The van der Waals surface area contributed by atoms with Gasteiger partial charge in [0.25, 0.3) is 11.8 Å². The highest BCUT2D eigenvalue weighted by Gasteiger charge is 2.38. The summed E-state index contributed by atoms with van der Waals surface area (Å²) in [4.78, 5) is 50.5. The number of esters is 2. The van der Waals surface area contributed by atoms with Crippen LogP contribution in [0.5, 0.6) is 0 Å². The Balaban J connectivity index is 1.46. The van der Waals surface area contributed by atoms with E-state index in [1.165, 1.54) is 37.6 Å². The smallest absolute Gasteiger partial charge is 0.374 e. The number of imide groups is 1. The molecular formula is C21H19NO8. The molecular weight excluding hydrogens is 394 g/mol. The number of furan rings is 1.